The number of aromatic nitrogens is 5. The molecule has 2 heterocycles. The average Bonchev–Trinajstić information content (AvgIpc) is 3.41. The molecule has 0 aliphatic rings. The van der Waals surface area contributed by atoms with Crippen LogP contribution in [0.4, 0.5) is 5.69 Å². The lowest BCUT2D eigenvalue weighted by Crippen LogP contribution is -2.30. The standard InChI is InChI=1S/C22H22ClN7O/c1-28(11-18-10-25-29(13-18)12-17-5-3-2-4-6-17)14-22(31)27-20-9-19(23)7-8-21(20)30-16-24-15-26-30/h2-10,13,15-16H,11-12,14H2,1H3,(H,27,31). The van der Waals surface area contributed by atoms with Gasteiger partial charge < -0.3 is 5.32 Å². The summed E-state index contributed by atoms with van der Waals surface area (Å²) in [6, 6.07) is 15.4. The minimum Gasteiger partial charge on any atom is -0.323 e. The van der Waals surface area contributed by atoms with Crippen molar-refractivity contribution >= 4 is 23.2 Å². The SMILES string of the molecule is CN(CC(=O)Nc1cc(Cl)ccc1-n1cncn1)Cc1cnn(Cc2ccccc2)c1. The van der Waals surface area contributed by atoms with Gasteiger partial charge in [0.2, 0.25) is 5.91 Å². The molecule has 158 valence electrons. The van der Waals surface area contributed by atoms with Crippen LogP contribution in [0.2, 0.25) is 5.02 Å². The molecule has 4 aromatic rings. The van der Waals surface area contributed by atoms with Gasteiger partial charge in [-0.05, 0) is 30.8 Å². The third-order valence-electron chi connectivity index (χ3n) is 4.64. The zero-order chi connectivity index (χ0) is 21.6. The number of hydrogen-bond acceptors (Lipinski definition) is 5. The van der Waals surface area contributed by atoms with Crippen molar-refractivity contribution in [2.45, 2.75) is 13.1 Å². The van der Waals surface area contributed by atoms with Crippen LogP contribution in [-0.4, -0.2) is 48.9 Å². The minimum atomic E-state index is -0.150. The first-order chi connectivity index (χ1) is 15.1. The van der Waals surface area contributed by atoms with E-state index in [1.807, 2.05) is 47.2 Å². The molecule has 0 atom stereocenters. The summed E-state index contributed by atoms with van der Waals surface area (Å²) in [5.74, 6) is -0.150. The van der Waals surface area contributed by atoms with Gasteiger partial charge in [0.1, 0.15) is 12.7 Å². The zero-order valence-electron chi connectivity index (χ0n) is 17.0. The van der Waals surface area contributed by atoms with Crippen LogP contribution >= 0.6 is 11.6 Å². The third kappa shape index (κ3) is 5.56. The molecule has 31 heavy (non-hydrogen) atoms. The molecule has 2 aromatic carbocycles. The number of rotatable bonds is 8. The number of carbonyl (C=O) groups excluding carboxylic acids is 1. The monoisotopic (exact) mass is 435 g/mol. The molecule has 0 spiro atoms. The summed E-state index contributed by atoms with van der Waals surface area (Å²) in [6.45, 7) is 1.53. The van der Waals surface area contributed by atoms with Gasteiger partial charge in [0.05, 0.1) is 30.7 Å². The van der Waals surface area contributed by atoms with Crippen LogP contribution in [0.1, 0.15) is 11.1 Å². The van der Waals surface area contributed by atoms with E-state index in [1.54, 1.807) is 29.2 Å². The van der Waals surface area contributed by atoms with E-state index < -0.39 is 0 Å². The Balaban J connectivity index is 1.35. The summed E-state index contributed by atoms with van der Waals surface area (Å²) in [5.41, 5.74) is 3.50. The second kappa shape index (κ2) is 9.55. The Morgan fingerprint density at radius 2 is 1.97 bits per heavy atom. The predicted molar refractivity (Wildman–Crippen MR) is 119 cm³/mol. The number of nitrogens with one attached hydrogen (secondary N) is 1. The number of nitrogens with zero attached hydrogens (tertiary/aromatic N) is 6. The molecule has 2 aromatic heterocycles. The topological polar surface area (TPSA) is 80.9 Å². The van der Waals surface area contributed by atoms with E-state index in [4.69, 9.17) is 11.6 Å². The molecular weight excluding hydrogens is 414 g/mol. The third-order valence-corrected chi connectivity index (χ3v) is 4.87. The smallest absolute Gasteiger partial charge is 0.238 e. The molecule has 0 radical (unpaired) electrons. The van der Waals surface area contributed by atoms with E-state index in [9.17, 15) is 4.79 Å². The van der Waals surface area contributed by atoms with Gasteiger partial charge in [-0.2, -0.15) is 10.2 Å². The molecule has 1 N–H and O–H groups in total. The van der Waals surface area contributed by atoms with Crippen molar-refractivity contribution in [1.82, 2.24) is 29.4 Å². The van der Waals surface area contributed by atoms with Crippen LogP contribution in [0.15, 0.2) is 73.6 Å². The molecule has 8 nitrogen and oxygen atoms in total. The van der Waals surface area contributed by atoms with E-state index in [0.717, 1.165) is 5.56 Å². The van der Waals surface area contributed by atoms with Gasteiger partial charge in [-0.15, -0.1) is 0 Å². The normalized spacial score (nSPS) is 11.1. The summed E-state index contributed by atoms with van der Waals surface area (Å²) in [5, 5.41) is 12.0. The summed E-state index contributed by atoms with van der Waals surface area (Å²) in [6.07, 6.45) is 6.84. The van der Waals surface area contributed by atoms with Crippen LogP contribution in [0.25, 0.3) is 5.69 Å². The lowest BCUT2D eigenvalue weighted by Gasteiger charge is -2.16. The van der Waals surface area contributed by atoms with Crippen molar-refractivity contribution in [3.63, 3.8) is 0 Å². The minimum absolute atomic E-state index is 0.150. The van der Waals surface area contributed by atoms with Crippen molar-refractivity contribution in [2.24, 2.45) is 0 Å². The molecule has 9 heteroatoms. The van der Waals surface area contributed by atoms with E-state index in [2.05, 4.69) is 32.6 Å². The van der Waals surface area contributed by atoms with Gasteiger partial charge in [0.25, 0.3) is 0 Å². The van der Waals surface area contributed by atoms with Crippen molar-refractivity contribution < 1.29 is 4.79 Å². The number of likely N-dealkylation sites (N-methyl/N-ethyl adjacent to an activating group) is 1. The lowest BCUT2D eigenvalue weighted by molar-refractivity contribution is -0.117. The molecule has 0 aliphatic heterocycles. The number of carbonyl (C=O) groups is 1. The van der Waals surface area contributed by atoms with Crippen molar-refractivity contribution in [3.05, 3.63) is 89.7 Å². The Bertz CT molecular complexity index is 1140. The molecule has 0 aliphatic carbocycles. The fraction of sp³-hybridized carbons (Fsp3) is 0.182. The molecular formula is C22H22ClN7O. The summed E-state index contributed by atoms with van der Waals surface area (Å²) < 4.78 is 3.48. The fourth-order valence-electron chi connectivity index (χ4n) is 3.29. The van der Waals surface area contributed by atoms with Crippen LogP contribution < -0.4 is 5.32 Å². The first-order valence-electron chi connectivity index (χ1n) is 9.75. The first kappa shape index (κ1) is 20.8. The molecule has 0 unspecified atom stereocenters. The summed E-state index contributed by atoms with van der Waals surface area (Å²) >= 11 is 6.12. The van der Waals surface area contributed by atoms with Crippen molar-refractivity contribution in [2.75, 3.05) is 18.9 Å². The van der Waals surface area contributed by atoms with E-state index in [1.165, 1.54) is 11.9 Å². The number of anilines is 1. The Hall–Kier alpha value is -3.49. The Morgan fingerprint density at radius 1 is 1.13 bits per heavy atom. The number of benzene rings is 2. The van der Waals surface area contributed by atoms with Gasteiger partial charge in [-0.3, -0.25) is 14.4 Å². The van der Waals surface area contributed by atoms with Gasteiger partial charge in [0.15, 0.2) is 0 Å². The van der Waals surface area contributed by atoms with Crippen LogP contribution in [0.5, 0.6) is 0 Å². The van der Waals surface area contributed by atoms with Gasteiger partial charge in [-0.25, -0.2) is 9.67 Å². The van der Waals surface area contributed by atoms with E-state index in [-0.39, 0.29) is 12.5 Å². The molecule has 4 rings (SSSR count). The summed E-state index contributed by atoms with van der Waals surface area (Å²) in [4.78, 5) is 18.5. The molecule has 0 saturated carbocycles. The summed E-state index contributed by atoms with van der Waals surface area (Å²) in [7, 11) is 1.89. The largest absolute Gasteiger partial charge is 0.323 e. The maximum atomic E-state index is 12.6. The van der Waals surface area contributed by atoms with Gasteiger partial charge >= 0.3 is 0 Å². The first-order valence-corrected chi connectivity index (χ1v) is 10.1. The predicted octanol–water partition coefficient (Wildman–Crippen LogP) is 3.24. The second-order valence-corrected chi connectivity index (χ2v) is 7.69. The Kier molecular flexibility index (Phi) is 6.40. The highest BCUT2D eigenvalue weighted by Crippen LogP contribution is 2.24. The van der Waals surface area contributed by atoms with Crippen molar-refractivity contribution in [1.29, 1.82) is 0 Å². The van der Waals surface area contributed by atoms with Crippen LogP contribution in [0.3, 0.4) is 0 Å². The molecule has 0 saturated heterocycles. The van der Waals surface area contributed by atoms with Crippen LogP contribution in [0, 0.1) is 0 Å². The maximum Gasteiger partial charge on any atom is 0.238 e. The zero-order valence-corrected chi connectivity index (χ0v) is 17.8. The van der Waals surface area contributed by atoms with Crippen LogP contribution in [-0.2, 0) is 17.9 Å². The average molecular weight is 436 g/mol. The van der Waals surface area contributed by atoms with Crippen molar-refractivity contribution in [3.8, 4) is 5.69 Å². The second-order valence-electron chi connectivity index (χ2n) is 7.25. The maximum absolute atomic E-state index is 12.6. The Labute approximate surface area is 185 Å². The highest BCUT2D eigenvalue weighted by Gasteiger charge is 2.13. The molecule has 0 bridgehead atoms. The quantitative estimate of drug-likeness (QED) is 0.459. The molecule has 0 fully saturated rings. The number of amides is 1. The lowest BCUT2D eigenvalue weighted by atomic mass is 10.2. The van der Waals surface area contributed by atoms with E-state index in [0.29, 0.717) is 29.5 Å². The number of hydrogen-bond donors (Lipinski definition) is 1. The Morgan fingerprint density at radius 3 is 2.74 bits per heavy atom. The fourth-order valence-corrected chi connectivity index (χ4v) is 3.46. The number of halogens is 1. The highest BCUT2D eigenvalue weighted by atomic mass is 35.5. The van der Waals surface area contributed by atoms with Gasteiger partial charge in [0, 0.05) is 23.3 Å². The van der Waals surface area contributed by atoms with E-state index >= 15 is 0 Å². The van der Waals surface area contributed by atoms with Gasteiger partial charge in [-0.1, -0.05) is 41.9 Å². The highest BCUT2D eigenvalue weighted by molar-refractivity contribution is 6.31. The molecule has 1 amide bonds.